The summed E-state index contributed by atoms with van der Waals surface area (Å²) in [5.74, 6) is -0.557. The molecule has 2 unspecified atom stereocenters. The van der Waals surface area contributed by atoms with Crippen LogP contribution >= 0.6 is 0 Å². The van der Waals surface area contributed by atoms with E-state index in [2.05, 4.69) is 5.32 Å². The van der Waals surface area contributed by atoms with Crippen LogP contribution < -0.4 is 10.1 Å². The predicted octanol–water partition coefficient (Wildman–Crippen LogP) is 4.17. The van der Waals surface area contributed by atoms with E-state index in [1.807, 2.05) is 62.4 Å². The van der Waals surface area contributed by atoms with Gasteiger partial charge in [0.05, 0.1) is 12.7 Å². The summed E-state index contributed by atoms with van der Waals surface area (Å²) in [7, 11) is -2.41. The minimum atomic E-state index is -3.98. The number of nitrogens with zero attached hydrogens (tertiary/aromatic N) is 2. The molecule has 4 rings (SSSR count). The Balaban J connectivity index is 1.59. The van der Waals surface area contributed by atoms with Crippen LogP contribution in [0.4, 0.5) is 0 Å². The van der Waals surface area contributed by atoms with E-state index in [0.717, 1.165) is 21.9 Å². The van der Waals surface area contributed by atoms with E-state index in [0.29, 0.717) is 12.2 Å². The summed E-state index contributed by atoms with van der Waals surface area (Å²) in [5, 5.41) is 3.03. The molecule has 3 aromatic rings. The van der Waals surface area contributed by atoms with Crippen molar-refractivity contribution >= 4 is 27.7 Å². The third-order valence-corrected chi connectivity index (χ3v) is 9.26. The van der Waals surface area contributed by atoms with Gasteiger partial charge in [-0.3, -0.25) is 14.4 Å². The molecule has 3 amide bonds. The van der Waals surface area contributed by atoms with E-state index in [1.165, 1.54) is 12.1 Å². The second-order valence-corrected chi connectivity index (χ2v) is 12.2. The van der Waals surface area contributed by atoms with Gasteiger partial charge in [0, 0.05) is 32.0 Å². The molecule has 0 aromatic heterocycles. The Hall–Kier alpha value is -4.18. The fraction of sp³-hybridized carbons (Fsp3) is 0.344. The van der Waals surface area contributed by atoms with Gasteiger partial charge in [-0.1, -0.05) is 61.5 Å². The van der Waals surface area contributed by atoms with Gasteiger partial charge in [0.2, 0.25) is 11.8 Å². The number of rotatable bonds is 13. The summed E-state index contributed by atoms with van der Waals surface area (Å²) in [6.07, 6.45) is 1.08. The number of methoxy groups -OCH3 is 1. The van der Waals surface area contributed by atoms with E-state index >= 15 is 0 Å². The lowest BCUT2D eigenvalue weighted by Gasteiger charge is -2.32. The number of carbonyl (C=O) groups excluding carboxylic acids is 3. The Kier molecular flexibility index (Phi) is 10.0. The van der Waals surface area contributed by atoms with Gasteiger partial charge in [-0.25, -0.2) is 12.7 Å². The highest BCUT2D eigenvalue weighted by Crippen LogP contribution is 2.30. The first-order chi connectivity index (χ1) is 20.1. The van der Waals surface area contributed by atoms with Crippen LogP contribution in [0.25, 0.3) is 0 Å². The minimum absolute atomic E-state index is 0.0226. The number of hydrogen-bond donors (Lipinski definition) is 1. The Morgan fingerprint density at radius 2 is 1.67 bits per heavy atom. The zero-order valence-corrected chi connectivity index (χ0v) is 25.0. The van der Waals surface area contributed by atoms with Crippen LogP contribution in [0.3, 0.4) is 0 Å². The first kappa shape index (κ1) is 30.8. The molecule has 3 aromatic carbocycles. The number of sulfonamides is 1. The maximum Gasteiger partial charge on any atom is 0.269 e. The van der Waals surface area contributed by atoms with Crippen molar-refractivity contribution in [3.05, 3.63) is 95.6 Å². The second-order valence-electron chi connectivity index (χ2n) is 10.4. The molecule has 1 N–H and O–H groups in total. The van der Waals surface area contributed by atoms with Crippen molar-refractivity contribution < 1.29 is 27.5 Å². The largest absolute Gasteiger partial charge is 0.497 e. The fourth-order valence-electron chi connectivity index (χ4n) is 4.93. The predicted molar refractivity (Wildman–Crippen MR) is 159 cm³/mol. The van der Waals surface area contributed by atoms with E-state index in [9.17, 15) is 22.8 Å². The molecule has 0 bridgehead atoms. The van der Waals surface area contributed by atoms with Gasteiger partial charge in [0.1, 0.15) is 16.7 Å². The quantitative estimate of drug-likeness (QED) is 0.319. The van der Waals surface area contributed by atoms with Crippen molar-refractivity contribution in [1.29, 1.82) is 0 Å². The van der Waals surface area contributed by atoms with Crippen molar-refractivity contribution in [3.8, 4) is 5.75 Å². The third kappa shape index (κ3) is 6.99. The number of amides is 3. The lowest BCUT2D eigenvalue weighted by molar-refractivity contribution is -0.141. The maximum atomic E-state index is 13.9. The van der Waals surface area contributed by atoms with E-state index < -0.39 is 22.0 Å². The van der Waals surface area contributed by atoms with Gasteiger partial charge >= 0.3 is 0 Å². The van der Waals surface area contributed by atoms with Gasteiger partial charge in [0.25, 0.3) is 15.9 Å². The first-order valence-electron chi connectivity index (χ1n) is 14.1. The van der Waals surface area contributed by atoms with Crippen LogP contribution in [0.15, 0.2) is 83.8 Å². The standard InChI is InChI=1S/C32H37N3O6S/c1-4-23(2)33-31(37)28(21-24-12-6-5-7-13-24)34(22-25-14-10-15-26(20-25)41-3)30(36)18-11-19-35-32(38)27-16-8-9-17-29(27)42(35,39)40/h5-10,12-17,20,23,28H,4,11,18-19,21-22H2,1-3H3,(H,33,37). The van der Waals surface area contributed by atoms with Crippen LogP contribution in [0.5, 0.6) is 5.75 Å². The molecule has 0 aliphatic carbocycles. The van der Waals surface area contributed by atoms with Crippen molar-refractivity contribution in [2.24, 2.45) is 0 Å². The van der Waals surface area contributed by atoms with E-state index in [-0.39, 0.29) is 54.2 Å². The highest BCUT2D eigenvalue weighted by Gasteiger charge is 2.40. The fourth-order valence-corrected chi connectivity index (χ4v) is 6.54. The Labute approximate surface area is 247 Å². The number of hydrogen-bond acceptors (Lipinski definition) is 6. The molecule has 10 heteroatoms. The number of carbonyl (C=O) groups is 3. The molecule has 9 nitrogen and oxygen atoms in total. The van der Waals surface area contributed by atoms with Gasteiger partial charge in [-0.15, -0.1) is 0 Å². The second kappa shape index (κ2) is 13.7. The smallest absolute Gasteiger partial charge is 0.269 e. The van der Waals surface area contributed by atoms with Crippen LogP contribution in [-0.2, 0) is 32.6 Å². The number of benzene rings is 3. The summed E-state index contributed by atoms with van der Waals surface area (Å²) < 4.78 is 32.2. The van der Waals surface area contributed by atoms with Crippen LogP contribution in [-0.4, -0.2) is 61.1 Å². The summed E-state index contributed by atoms with van der Waals surface area (Å²) in [6, 6.07) is 22.0. The highest BCUT2D eigenvalue weighted by atomic mass is 32.2. The molecule has 0 spiro atoms. The Bertz CT molecular complexity index is 1530. The van der Waals surface area contributed by atoms with Crippen molar-refractivity contribution in [3.63, 3.8) is 0 Å². The molecular weight excluding hydrogens is 554 g/mol. The number of fused-ring (bicyclic) bond motifs is 1. The molecule has 0 radical (unpaired) electrons. The SMILES string of the molecule is CCC(C)NC(=O)C(Cc1ccccc1)N(Cc1cccc(OC)c1)C(=O)CCCN1C(=O)c2ccccc2S1(=O)=O. The van der Waals surface area contributed by atoms with Crippen molar-refractivity contribution in [2.75, 3.05) is 13.7 Å². The first-order valence-corrected chi connectivity index (χ1v) is 15.5. The summed E-state index contributed by atoms with van der Waals surface area (Å²) >= 11 is 0. The van der Waals surface area contributed by atoms with Crippen LogP contribution in [0.1, 0.15) is 54.6 Å². The molecule has 42 heavy (non-hydrogen) atoms. The summed E-state index contributed by atoms with van der Waals surface area (Å²) in [6.45, 7) is 3.89. The molecule has 2 atom stereocenters. The van der Waals surface area contributed by atoms with Gasteiger partial charge in [-0.05, 0) is 55.2 Å². The number of nitrogens with one attached hydrogen (secondary N) is 1. The average molecular weight is 592 g/mol. The number of ether oxygens (including phenoxy) is 1. The minimum Gasteiger partial charge on any atom is -0.497 e. The normalized spacial score (nSPS) is 15.0. The van der Waals surface area contributed by atoms with Gasteiger partial charge in [0.15, 0.2) is 0 Å². The molecule has 0 saturated carbocycles. The Morgan fingerprint density at radius 3 is 2.36 bits per heavy atom. The highest BCUT2D eigenvalue weighted by molar-refractivity contribution is 7.90. The topological polar surface area (TPSA) is 113 Å². The Morgan fingerprint density at radius 1 is 0.976 bits per heavy atom. The molecule has 1 heterocycles. The lowest BCUT2D eigenvalue weighted by Crippen LogP contribution is -2.52. The lowest BCUT2D eigenvalue weighted by atomic mass is 10.0. The van der Waals surface area contributed by atoms with Crippen molar-refractivity contribution in [1.82, 2.24) is 14.5 Å². The average Bonchev–Trinajstić information content (AvgIpc) is 3.19. The van der Waals surface area contributed by atoms with Crippen LogP contribution in [0, 0.1) is 0 Å². The molecule has 222 valence electrons. The van der Waals surface area contributed by atoms with Crippen LogP contribution in [0.2, 0.25) is 0 Å². The molecule has 1 aliphatic heterocycles. The summed E-state index contributed by atoms with van der Waals surface area (Å²) in [5.41, 5.74) is 1.81. The zero-order chi connectivity index (χ0) is 30.3. The van der Waals surface area contributed by atoms with Gasteiger partial charge in [-0.2, -0.15) is 0 Å². The molecule has 1 aliphatic rings. The summed E-state index contributed by atoms with van der Waals surface area (Å²) in [4.78, 5) is 41.9. The zero-order valence-electron chi connectivity index (χ0n) is 24.2. The molecule has 0 fully saturated rings. The molecular formula is C32H37N3O6S. The molecule has 0 saturated heterocycles. The third-order valence-electron chi connectivity index (χ3n) is 7.42. The van der Waals surface area contributed by atoms with E-state index in [4.69, 9.17) is 4.74 Å². The van der Waals surface area contributed by atoms with Gasteiger partial charge < -0.3 is 15.0 Å². The van der Waals surface area contributed by atoms with E-state index in [1.54, 1.807) is 30.2 Å². The van der Waals surface area contributed by atoms with Crippen molar-refractivity contribution in [2.45, 2.75) is 63.1 Å². The monoisotopic (exact) mass is 591 g/mol. The maximum absolute atomic E-state index is 13.9.